The van der Waals surface area contributed by atoms with Gasteiger partial charge in [-0.2, -0.15) is 0 Å². The highest BCUT2D eigenvalue weighted by Crippen LogP contribution is 2.33. The maximum absolute atomic E-state index is 12.1. The van der Waals surface area contributed by atoms with E-state index < -0.39 is 5.63 Å². The Hall–Kier alpha value is -3.06. The van der Waals surface area contributed by atoms with E-state index in [0.29, 0.717) is 22.4 Å². The molecule has 0 unspecified atom stereocenters. The molecule has 0 saturated heterocycles. The van der Waals surface area contributed by atoms with Gasteiger partial charge in [0.2, 0.25) is 0 Å². The minimum absolute atomic E-state index is 0.141. The van der Waals surface area contributed by atoms with Crippen LogP contribution in [-0.4, -0.2) is 16.5 Å². The molecule has 0 N–H and O–H groups in total. The van der Waals surface area contributed by atoms with Gasteiger partial charge in [-0.25, -0.2) is 4.79 Å². The van der Waals surface area contributed by atoms with Gasteiger partial charge in [-0.1, -0.05) is 42.1 Å². The number of ether oxygens (including phenoxy) is 1. The van der Waals surface area contributed by atoms with Crippen molar-refractivity contribution in [3.63, 3.8) is 0 Å². The molecule has 4 aromatic rings. The van der Waals surface area contributed by atoms with Crippen molar-refractivity contribution in [2.75, 3.05) is 6.26 Å². The summed E-state index contributed by atoms with van der Waals surface area (Å²) in [6.07, 6.45) is 1.86. The second-order valence-corrected chi connectivity index (χ2v) is 6.62. The van der Waals surface area contributed by atoms with Crippen LogP contribution in [0.3, 0.4) is 0 Å². The van der Waals surface area contributed by atoms with Crippen LogP contribution in [0.5, 0.6) is 5.75 Å². The van der Waals surface area contributed by atoms with Crippen LogP contribution in [0.1, 0.15) is 11.5 Å². The first-order valence-electron chi connectivity index (χ1n) is 8.28. The number of fused-ring (bicyclic) bond motifs is 1. The summed E-state index contributed by atoms with van der Waals surface area (Å²) in [4.78, 5) is 12.1. The highest BCUT2D eigenvalue weighted by Gasteiger charge is 2.14. The van der Waals surface area contributed by atoms with E-state index in [1.54, 1.807) is 0 Å². The topological polar surface area (TPSA) is 78.4 Å². The Labute approximate surface area is 159 Å². The molecule has 0 bridgehead atoms. The van der Waals surface area contributed by atoms with E-state index >= 15 is 0 Å². The lowest BCUT2D eigenvalue weighted by Gasteiger charge is -2.11. The minimum Gasteiger partial charge on any atom is -0.483 e. The van der Waals surface area contributed by atoms with Gasteiger partial charge < -0.3 is 13.6 Å². The third kappa shape index (κ3) is 3.46. The van der Waals surface area contributed by atoms with Gasteiger partial charge in [0.25, 0.3) is 11.1 Å². The average molecular weight is 380 g/mol. The quantitative estimate of drug-likeness (QED) is 0.374. The molecule has 0 atom stereocenters. The van der Waals surface area contributed by atoms with Gasteiger partial charge in [-0.15, -0.1) is 10.2 Å². The second-order valence-electron chi connectivity index (χ2n) is 5.87. The normalized spacial score (nSPS) is 11.0. The van der Waals surface area contributed by atoms with Crippen molar-refractivity contribution in [3.05, 3.63) is 70.4 Å². The van der Waals surface area contributed by atoms with Crippen LogP contribution in [-0.2, 0) is 6.61 Å². The van der Waals surface area contributed by atoms with Crippen LogP contribution < -0.4 is 10.4 Å². The second kappa shape index (κ2) is 7.28. The Morgan fingerprint density at radius 2 is 1.89 bits per heavy atom. The van der Waals surface area contributed by atoms with Crippen molar-refractivity contribution >= 4 is 22.7 Å². The molecule has 2 aromatic carbocycles. The first kappa shape index (κ1) is 17.4. The van der Waals surface area contributed by atoms with Crippen molar-refractivity contribution in [2.24, 2.45) is 0 Å². The molecule has 136 valence electrons. The fraction of sp³-hybridized carbons (Fsp3) is 0.150. The molecule has 0 saturated carbocycles. The monoisotopic (exact) mass is 380 g/mol. The van der Waals surface area contributed by atoms with Crippen LogP contribution in [0, 0.1) is 6.92 Å². The SMILES string of the molecule is CSc1nnc(COc2ccc3c(-c4ccccc4)cc(=O)oc3c2C)o1. The van der Waals surface area contributed by atoms with E-state index in [2.05, 4.69) is 10.2 Å². The summed E-state index contributed by atoms with van der Waals surface area (Å²) in [5, 5.41) is 9.15. The van der Waals surface area contributed by atoms with Crippen molar-refractivity contribution in [1.82, 2.24) is 10.2 Å². The van der Waals surface area contributed by atoms with E-state index in [0.717, 1.165) is 22.1 Å². The van der Waals surface area contributed by atoms with Gasteiger partial charge in [-0.3, -0.25) is 0 Å². The lowest BCUT2D eigenvalue weighted by atomic mass is 10.0. The lowest BCUT2D eigenvalue weighted by molar-refractivity contribution is 0.251. The highest BCUT2D eigenvalue weighted by atomic mass is 32.2. The molecule has 6 nitrogen and oxygen atoms in total. The number of benzene rings is 2. The van der Waals surface area contributed by atoms with Crippen LogP contribution in [0.15, 0.2) is 67.4 Å². The third-order valence-corrected chi connectivity index (χ3v) is 4.68. The van der Waals surface area contributed by atoms with Gasteiger partial charge in [0.1, 0.15) is 11.3 Å². The van der Waals surface area contributed by atoms with Gasteiger partial charge in [0.05, 0.1) is 0 Å². The summed E-state index contributed by atoms with van der Waals surface area (Å²) >= 11 is 1.37. The fourth-order valence-electron chi connectivity index (χ4n) is 2.87. The van der Waals surface area contributed by atoms with Crippen LogP contribution in [0.2, 0.25) is 0 Å². The van der Waals surface area contributed by atoms with E-state index in [1.165, 1.54) is 17.8 Å². The fourth-order valence-corrected chi connectivity index (χ4v) is 3.18. The summed E-state index contributed by atoms with van der Waals surface area (Å²) in [5.41, 5.74) is 2.64. The highest BCUT2D eigenvalue weighted by molar-refractivity contribution is 7.98. The largest absolute Gasteiger partial charge is 0.483 e. The number of aryl methyl sites for hydroxylation is 1. The molecule has 2 aromatic heterocycles. The molecule has 27 heavy (non-hydrogen) atoms. The van der Waals surface area contributed by atoms with Crippen molar-refractivity contribution in [2.45, 2.75) is 18.8 Å². The third-order valence-electron chi connectivity index (χ3n) is 4.17. The number of aromatic nitrogens is 2. The van der Waals surface area contributed by atoms with Gasteiger partial charge in [-0.05, 0) is 36.4 Å². The van der Waals surface area contributed by atoms with Gasteiger partial charge in [0.15, 0.2) is 6.61 Å². The van der Waals surface area contributed by atoms with E-state index in [9.17, 15) is 4.79 Å². The summed E-state index contributed by atoms with van der Waals surface area (Å²) in [5.74, 6) is 0.984. The average Bonchev–Trinajstić information content (AvgIpc) is 3.16. The molecule has 0 fully saturated rings. The van der Waals surface area contributed by atoms with Crippen molar-refractivity contribution < 1.29 is 13.6 Å². The standard InChI is InChI=1S/C20H16N2O4S/c1-12-16(24-11-17-21-22-20(25-17)27-2)9-8-14-15(10-18(23)26-19(12)14)13-6-4-3-5-7-13/h3-10H,11H2,1-2H3. The lowest BCUT2D eigenvalue weighted by Crippen LogP contribution is -2.02. The molecule has 0 radical (unpaired) electrons. The number of hydrogen-bond donors (Lipinski definition) is 0. The zero-order valence-corrected chi connectivity index (χ0v) is 15.6. The zero-order valence-electron chi connectivity index (χ0n) is 14.8. The predicted octanol–water partition coefficient (Wildman–Crippen LogP) is 4.45. The molecule has 7 heteroatoms. The minimum atomic E-state index is -0.400. The molecule has 0 aliphatic carbocycles. The van der Waals surface area contributed by atoms with Crippen LogP contribution in [0.25, 0.3) is 22.1 Å². The van der Waals surface area contributed by atoms with Gasteiger partial charge in [0, 0.05) is 17.0 Å². The number of hydrogen-bond acceptors (Lipinski definition) is 7. The Bertz CT molecular complexity index is 1150. The Kier molecular flexibility index (Phi) is 4.68. The predicted molar refractivity (Wildman–Crippen MR) is 103 cm³/mol. The Balaban J connectivity index is 1.72. The summed E-state index contributed by atoms with van der Waals surface area (Å²) in [6, 6.07) is 15.0. The van der Waals surface area contributed by atoms with Crippen molar-refractivity contribution in [3.8, 4) is 16.9 Å². The number of thioether (sulfide) groups is 1. The first-order valence-corrected chi connectivity index (χ1v) is 9.50. The molecular weight excluding hydrogens is 364 g/mol. The maximum Gasteiger partial charge on any atom is 0.336 e. The first-order chi connectivity index (χ1) is 13.2. The number of rotatable bonds is 5. The summed E-state index contributed by atoms with van der Waals surface area (Å²) in [6.45, 7) is 2.00. The smallest absolute Gasteiger partial charge is 0.336 e. The molecular formula is C20H16N2O4S. The van der Waals surface area contributed by atoms with Crippen LogP contribution >= 0.6 is 11.8 Å². The Morgan fingerprint density at radius 3 is 2.63 bits per heavy atom. The number of nitrogens with zero attached hydrogens (tertiary/aromatic N) is 2. The van der Waals surface area contributed by atoms with E-state index in [-0.39, 0.29) is 6.61 Å². The molecule has 0 spiro atoms. The van der Waals surface area contributed by atoms with Crippen molar-refractivity contribution in [1.29, 1.82) is 0 Å². The molecule has 0 aliphatic heterocycles. The zero-order chi connectivity index (χ0) is 18.8. The maximum atomic E-state index is 12.1. The van der Waals surface area contributed by atoms with Crippen LogP contribution in [0.4, 0.5) is 0 Å². The van der Waals surface area contributed by atoms with E-state index in [1.807, 2.05) is 55.6 Å². The molecule has 0 aliphatic rings. The van der Waals surface area contributed by atoms with Gasteiger partial charge >= 0.3 is 5.63 Å². The van der Waals surface area contributed by atoms with E-state index in [4.69, 9.17) is 13.6 Å². The molecule has 2 heterocycles. The molecule has 0 amide bonds. The molecule has 4 rings (SSSR count). The summed E-state index contributed by atoms with van der Waals surface area (Å²) in [7, 11) is 0. The Morgan fingerprint density at radius 1 is 1.07 bits per heavy atom. The summed E-state index contributed by atoms with van der Waals surface area (Å²) < 4.78 is 16.7.